The number of halogens is 6. The van der Waals surface area contributed by atoms with Crippen LogP contribution in [0.5, 0.6) is 0 Å². The molecule has 2 aromatic carbocycles. The summed E-state index contributed by atoms with van der Waals surface area (Å²) in [4.78, 5) is 2.52. The topological polar surface area (TPSA) is 3.24 Å². The number of hydrogen-bond donors (Lipinski definition) is 0. The first-order valence-electron chi connectivity index (χ1n) is 10.2. The second kappa shape index (κ2) is 7.59. The van der Waals surface area contributed by atoms with Crippen molar-refractivity contribution in [3.63, 3.8) is 0 Å². The maximum absolute atomic E-state index is 13.5. The molecule has 0 bridgehead atoms. The molecule has 2 unspecified atom stereocenters. The van der Waals surface area contributed by atoms with Crippen molar-refractivity contribution in [2.24, 2.45) is 0 Å². The van der Waals surface area contributed by atoms with Crippen LogP contribution in [0.2, 0.25) is 0 Å². The zero-order chi connectivity index (χ0) is 21.7. The Morgan fingerprint density at radius 2 is 1.63 bits per heavy atom. The van der Waals surface area contributed by atoms with Gasteiger partial charge in [0.05, 0.1) is 11.1 Å². The van der Waals surface area contributed by atoms with Crippen molar-refractivity contribution in [3.8, 4) is 11.1 Å². The molecule has 0 N–H and O–H groups in total. The van der Waals surface area contributed by atoms with E-state index in [-0.39, 0.29) is 11.6 Å². The highest BCUT2D eigenvalue weighted by molar-refractivity contribution is 5.70. The van der Waals surface area contributed by atoms with Crippen LogP contribution in [0.25, 0.3) is 11.1 Å². The van der Waals surface area contributed by atoms with Crippen LogP contribution in [-0.4, -0.2) is 23.5 Å². The molecule has 0 spiro atoms. The van der Waals surface area contributed by atoms with E-state index >= 15 is 0 Å². The van der Waals surface area contributed by atoms with Crippen LogP contribution >= 0.6 is 0 Å². The Morgan fingerprint density at radius 1 is 0.867 bits per heavy atom. The summed E-state index contributed by atoms with van der Waals surface area (Å²) in [6, 6.07) is 8.02. The van der Waals surface area contributed by atoms with E-state index in [9.17, 15) is 26.3 Å². The van der Waals surface area contributed by atoms with Crippen molar-refractivity contribution in [1.82, 2.24) is 4.90 Å². The van der Waals surface area contributed by atoms with Crippen molar-refractivity contribution in [1.29, 1.82) is 0 Å². The van der Waals surface area contributed by atoms with Crippen molar-refractivity contribution in [3.05, 3.63) is 58.7 Å². The second-order valence-corrected chi connectivity index (χ2v) is 8.37. The minimum absolute atomic E-state index is 0.208. The van der Waals surface area contributed by atoms with E-state index in [1.54, 1.807) is 12.1 Å². The molecule has 1 saturated heterocycles. The first-order chi connectivity index (χ1) is 14.0. The van der Waals surface area contributed by atoms with Crippen LogP contribution in [0.15, 0.2) is 36.4 Å². The van der Waals surface area contributed by atoms with Crippen molar-refractivity contribution < 1.29 is 26.3 Å². The summed E-state index contributed by atoms with van der Waals surface area (Å²) < 4.78 is 79.4. The van der Waals surface area contributed by atoms with Gasteiger partial charge in [-0.15, -0.1) is 0 Å². The third-order valence-corrected chi connectivity index (χ3v) is 6.45. The maximum Gasteiger partial charge on any atom is 0.417 e. The summed E-state index contributed by atoms with van der Waals surface area (Å²) in [7, 11) is 0. The molecule has 2 aliphatic rings. The summed E-state index contributed by atoms with van der Waals surface area (Å²) in [6.07, 6.45) is -4.74. The van der Waals surface area contributed by atoms with E-state index in [1.165, 1.54) is 12.8 Å². The average molecular weight is 427 g/mol. The third kappa shape index (κ3) is 4.09. The molecular formula is C23H23F6N. The van der Waals surface area contributed by atoms with E-state index in [2.05, 4.69) is 11.8 Å². The molecular weight excluding hydrogens is 404 g/mol. The van der Waals surface area contributed by atoms with E-state index in [0.29, 0.717) is 17.6 Å². The largest absolute Gasteiger partial charge is 0.417 e. The van der Waals surface area contributed by atoms with Gasteiger partial charge in [0.15, 0.2) is 0 Å². The second-order valence-electron chi connectivity index (χ2n) is 8.37. The first kappa shape index (κ1) is 21.2. The molecule has 1 fully saturated rings. The van der Waals surface area contributed by atoms with E-state index in [4.69, 9.17) is 0 Å². The lowest BCUT2D eigenvalue weighted by atomic mass is 9.84. The van der Waals surface area contributed by atoms with Gasteiger partial charge in [-0.2, -0.15) is 26.3 Å². The highest BCUT2D eigenvalue weighted by atomic mass is 19.4. The highest BCUT2D eigenvalue weighted by Gasteiger charge is 2.38. The van der Waals surface area contributed by atoms with Crippen LogP contribution in [0.3, 0.4) is 0 Å². The molecule has 1 nitrogen and oxygen atoms in total. The number of rotatable bonds is 2. The quantitative estimate of drug-likeness (QED) is 0.480. The maximum atomic E-state index is 13.5. The molecule has 4 rings (SSSR count). The number of likely N-dealkylation sites (tertiary alicyclic amines) is 1. The highest BCUT2D eigenvalue weighted by Crippen LogP contribution is 2.42. The Kier molecular flexibility index (Phi) is 5.37. The number of aryl methyl sites for hydroxylation is 1. The smallest absolute Gasteiger partial charge is 0.297 e. The van der Waals surface area contributed by atoms with Crippen LogP contribution in [0.1, 0.15) is 48.4 Å². The van der Waals surface area contributed by atoms with Crippen LogP contribution in [0, 0.1) is 0 Å². The lowest BCUT2D eigenvalue weighted by molar-refractivity contribution is -0.142. The molecule has 7 heteroatoms. The molecule has 0 amide bonds. The first-order valence-corrected chi connectivity index (χ1v) is 10.2. The molecule has 2 atom stereocenters. The van der Waals surface area contributed by atoms with Crippen LogP contribution in [-0.2, 0) is 25.2 Å². The number of hydrogen-bond acceptors (Lipinski definition) is 1. The van der Waals surface area contributed by atoms with E-state index in [0.717, 1.165) is 49.1 Å². The third-order valence-electron chi connectivity index (χ3n) is 6.45. The predicted molar refractivity (Wildman–Crippen MR) is 103 cm³/mol. The fourth-order valence-electron chi connectivity index (χ4n) is 4.89. The normalized spacial score (nSPS) is 22.9. The Morgan fingerprint density at radius 3 is 2.27 bits per heavy atom. The molecule has 30 heavy (non-hydrogen) atoms. The lowest BCUT2D eigenvalue weighted by Gasteiger charge is -2.35. The summed E-state index contributed by atoms with van der Waals surface area (Å²) in [5.41, 5.74) is -0.342. The van der Waals surface area contributed by atoms with Gasteiger partial charge < -0.3 is 0 Å². The van der Waals surface area contributed by atoms with Gasteiger partial charge in [0.25, 0.3) is 0 Å². The zero-order valence-electron chi connectivity index (χ0n) is 16.6. The van der Waals surface area contributed by atoms with Crippen molar-refractivity contribution >= 4 is 0 Å². The Labute approximate surface area is 171 Å². The van der Waals surface area contributed by atoms with Gasteiger partial charge in [-0.25, -0.2) is 0 Å². The molecule has 0 aromatic heterocycles. The molecule has 1 aliphatic carbocycles. The minimum Gasteiger partial charge on any atom is -0.297 e. The predicted octanol–water partition coefficient (Wildman–Crippen LogP) is 6.73. The summed E-state index contributed by atoms with van der Waals surface area (Å²) >= 11 is 0. The molecule has 0 radical (unpaired) electrons. The fraction of sp³-hybridized carbons (Fsp3) is 0.478. The van der Waals surface area contributed by atoms with Gasteiger partial charge >= 0.3 is 12.4 Å². The van der Waals surface area contributed by atoms with E-state index in [1.807, 2.05) is 6.07 Å². The average Bonchev–Trinajstić information content (AvgIpc) is 3.11. The SMILES string of the molecule is CC1CCCN1C1CCc2cc(-c3ccc(C(F)(F)F)cc3C(F)(F)F)ccc2C1. The number of benzene rings is 2. The van der Waals surface area contributed by atoms with Gasteiger partial charge in [0.1, 0.15) is 0 Å². The van der Waals surface area contributed by atoms with E-state index < -0.39 is 23.5 Å². The molecule has 2 aromatic rings. The Hall–Kier alpha value is -2.02. The van der Waals surface area contributed by atoms with Crippen LogP contribution in [0.4, 0.5) is 26.3 Å². The lowest BCUT2D eigenvalue weighted by Crippen LogP contribution is -2.41. The molecule has 1 heterocycles. The molecule has 0 saturated carbocycles. The number of fused-ring (bicyclic) bond motifs is 1. The summed E-state index contributed by atoms with van der Waals surface area (Å²) in [6.45, 7) is 3.31. The minimum atomic E-state index is -4.87. The van der Waals surface area contributed by atoms with Crippen molar-refractivity contribution in [2.45, 2.75) is 63.5 Å². The van der Waals surface area contributed by atoms with Gasteiger partial charge in [-0.3, -0.25) is 4.90 Å². The monoisotopic (exact) mass is 427 g/mol. The molecule has 1 aliphatic heterocycles. The number of alkyl halides is 6. The standard InChI is InChI=1S/C23H23F6N/c1-14-3-2-10-30(14)19-8-6-15-11-17(5-4-16(15)12-19)20-9-7-18(22(24,25)26)13-21(20)23(27,28)29/h4-5,7,9,11,13-14,19H,2-3,6,8,10,12H2,1H3. The fourth-order valence-corrected chi connectivity index (χ4v) is 4.89. The van der Waals surface area contributed by atoms with Gasteiger partial charge in [-0.1, -0.05) is 24.3 Å². The Bertz CT molecular complexity index is 930. The zero-order valence-corrected chi connectivity index (χ0v) is 16.6. The summed E-state index contributed by atoms with van der Waals surface area (Å²) in [5, 5.41) is 0. The van der Waals surface area contributed by atoms with Gasteiger partial charge in [0.2, 0.25) is 0 Å². The number of nitrogens with zero attached hydrogens (tertiary/aromatic N) is 1. The van der Waals surface area contributed by atoms with Gasteiger partial charge in [-0.05, 0) is 80.0 Å². The Balaban J connectivity index is 1.66. The molecule has 162 valence electrons. The van der Waals surface area contributed by atoms with Crippen LogP contribution < -0.4 is 0 Å². The van der Waals surface area contributed by atoms with Crippen molar-refractivity contribution in [2.75, 3.05) is 6.54 Å². The summed E-state index contributed by atoms with van der Waals surface area (Å²) in [5.74, 6) is 0. The van der Waals surface area contributed by atoms with Gasteiger partial charge in [0, 0.05) is 12.1 Å².